The van der Waals surface area contributed by atoms with Crippen molar-refractivity contribution < 1.29 is 17.8 Å². The van der Waals surface area contributed by atoms with Crippen LogP contribution in [0.2, 0.25) is 0 Å². The molecule has 0 aliphatic rings. The van der Waals surface area contributed by atoms with Gasteiger partial charge in [-0.3, -0.25) is 9.35 Å². The summed E-state index contributed by atoms with van der Waals surface area (Å²) in [6.45, 7) is 1.94. The molecular weight excluding hydrogens is 191 g/mol. The van der Waals surface area contributed by atoms with Crippen LogP contribution in [0.3, 0.4) is 0 Å². The van der Waals surface area contributed by atoms with Crippen molar-refractivity contribution in [2.24, 2.45) is 0 Å². The van der Waals surface area contributed by atoms with Crippen molar-refractivity contribution in [3.63, 3.8) is 0 Å². The molecule has 0 saturated heterocycles. The molecule has 0 saturated carbocycles. The Morgan fingerprint density at radius 3 is 2.17 bits per heavy atom. The van der Waals surface area contributed by atoms with Crippen LogP contribution in [0.1, 0.15) is 32.6 Å². The third-order valence-electron chi connectivity index (χ3n) is 1.27. The van der Waals surface area contributed by atoms with Crippen molar-refractivity contribution in [2.75, 3.05) is 0 Å². The van der Waals surface area contributed by atoms with Crippen molar-refractivity contribution in [2.45, 2.75) is 32.6 Å². The second-order valence-corrected chi connectivity index (χ2v) is 3.71. The van der Waals surface area contributed by atoms with Crippen LogP contribution in [0.5, 0.6) is 0 Å². The molecular formula is C6H13NaO4S. The summed E-state index contributed by atoms with van der Waals surface area (Å²) >= 11 is 0. The quantitative estimate of drug-likeness (QED) is 0.407. The zero-order valence-electron chi connectivity index (χ0n) is 6.41. The maximum atomic E-state index is 10.5. The predicted octanol–water partition coefficient (Wildman–Crippen LogP) is 0.333. The van der Waals surface area contributed by atoms with Crippen LogP contribution in [0, 0.1) is 0 Å². The van der Waals surface area contributed by atoms with Crippen molar-refractivity contribution in [1.29, 1.82) is 0 Å². The summed E-state index contributed by atoms with van der Waals surface area (Å²) in [6.07, 6.45) is 2.17. The fourth-order valence-electron chi connectivity index (χ4n) is 0.648. The van der Waals surface area contributed by atoms with E-state index in [1.54, 1.807) is 0 Å². The molecule has 0 aromatic heterocycles. The Morgan fingerprint density at radius 1 is 1.33 bits per heavy atom. The number of rotatable bonds is 4. The van der Waals surface area contributed by atoms with E-state index in [4.69, 9.17) is 4.55 Å². The first-order valence-corrected chi connectivity index (χ1v) is 4.92. The number of unbranched alkanes of at least 4 members (excludes halogenated alkanes) is 2. The van der Waals surface area contributed by atoms with Gasteiger partial charge in [0, 0.05) is 6.42 Å². The molecule has 0 amide bonds. The van der Waals surface area contributed by atoms with Crippen molar-refractivity contribution in [3.8, 4) is 0 Å². The van der Waals surface area contributed by atoms with E-state index in [1.165, 1.54) is 0 Å². The molecule has 0 radical (unpaired) electrons. The molecule has 0 heterocycles. The summed E-state index contributed by atoms with van der Waals surface area (Å²) in [4.78, 5) is 10.5. The summed E-state index contributed by atoms with van der Waals surface area (Å²) < 4.78 is 28.5. The van der Waals surface area contributed by atoms with Gasteiger partial charge >= 0.3 is 39.7 Å². The van der Waals surface area contributed by atoms with E-state index in [-0.39, 0.29) is 36.0 Å². The van der Waals surface area contributed by atoms with Gasteiger partial charge in [-0.15, -0.1) is 0 Å². The van der Waals surface area contributed by atoms with E-state index in [0.29, 0.717) is 6.42 Å². The van der Waals surface area contributed by atoms with Gasteiger partial charge in [0.2, 0.25) is 0 Å². The Kier molecular flexibility index (Phi) is 8.83. The summed E-state index contributed by atoms with van der Waals surface area (Å²) in [5.41, 5.74) is 0. The number of carbonyl (C=O) groups is 1. The van der Waals surface area contributed by atoms with Crippen LogP contribution in [-0.4, -0.2) is 47.6 Å². The number of hydrogen-bond donors (Lipinski definition) is 1. The van der Waals surface area contributed by atoms with Gasteiger partial charge in [0.15, 0.2) is 0 Å². The van der Waals surface area contributed by atoms with E-state index < -0.39 is 15.2 Å². The summed E-state index contributed by atoms with van der Waals surface area (Å²) in [6, 6.07) is 0. The first-order chi connectivity index (χ1) is 4.98. The summed E-state index contributed by atoms with van der Waals surface area (Å²) in [5.74, 6) is 0. The average molecular weight is 204 g/mol. The second-order valence-electron chi connectivity index (χ2n) is 2.30. The molecule has 0 aliphatic carbocycles. The monoisotopic (exact) mass is 204 g/mol. The SMILES string of the molecule is CCCCCC(=O)S(=O)(=O)O.[NaH]. The van der Waals surface area contributed by atoms with Gasteiger partial charge in [-0.1, -0.05) is 19.8 Å². The molecule has 68 valence electrons. The molecule has 0 aliphatic heterocycles. The van der Waals surface area contributed by atoms with Crippen molar-refractivity contribution >= 4 is 44.8 Å². The molecule has 0 bridgehead atoms. The van der Waals surface area contributed by atoms with Crippen LogP contribution < -0.4 is 0 Å². The third kappa shape index (κ3) is 7.24. The van der Waals surface area contributed by atoms with E-state index in [0.717, 1.165) is 12.8 Å². The average Bonchev–Trinajstić information content (AvgIpc) is 1.86. The summed E-state index contributed by atoms with van der Waals surface area (Å²) in [7, 11) is -4.42. The molecule has 6 heteroatoms. The van der Waals surface area contributed by atoms with Crippen molar-refractivity contribution in [1.82, 2.24) is 0 Å². The topological polar surface area (TPSA) is 71.4 Å². The fraction of sp³-hybridized carbons (Fsp3) is 0.833. The van der Waals surface area contributed by atoms with Crippen LogP contribution in [-0.2, 0) is 14.9 Å². The molecule has 0 aromatic carbocycles. The zero-order chi connectivity index (χ0) is 8.91. The maximum absolute atomic E-state index is 10.5. The molecule has 1 N–H and O–H groups in total. The molecule has 12 heavy (non-hydrogen) atoms. The standard InChI is InChI=1S/C6H12O4S.Na.H/c1-2-3-4-5-6(7)11(8,9)10;;/h2-5H2,1H3,(H,8,9,10);;. The Labute approximate surface area is 94.8 Å². The van der Waals surface area contributed by atoms with Gasteiger partial charge in [-0.2, -0.15) is 8.42 Å². The zero-order valence-corrected chi connectivity index (χ0v) is 7.23. The van der Waals surface area contributed by atoms with E-state index in [2.05, 4.69) is 0 Å². The molecule has 0 atom stereocenters. The molecule has 0 aromatic rings. The van der Waals surface area contributed by atoms with Gasteiger partial charge in [-0.05, 0) is 6.42 Å². The van der Waals surface area contributed by atoms with Gasteiger partial charge in [0.1, 0.15) is 0 Å². The number of hydrogen-bond acceptors (Lipinski definition) is 3. The minimum absolute atomic E-state index is 0. The molecule has 0 rings (SSSR count). The second kappa shape index (κ2) is 7.03. The Bertz CT molecular complexity index is 222. The first kappa shape index (κ1) is 15.1. The van der Waals surface area contributed by atoms with Gasteiger partial charge in [0.05, 0.1) is 0 Å². The van der Waals surface area contributed by atoms with Gasteiger partial charge < -0.3 is 0 Å². The minimum atomic E-state index is -4.42. The molecule has 0 unspecified atom stereocenters. The van der Waals surface area contributed by atoms with Crippen molar-refractivity contribution in [3.05, 3.63) is 0 Å². The van der Waals surface area contributed by atoms with E-state index in [9.17, 15) is 13.2 Å². The predicted molar refractivity (Wildman–Crippen MR) is 47.8 cm³/mol. The fourth-order valence-corrected chi connectivity index (χ4v) is 1.05. The van der Waals surface area contributed by atoms with Gasteiger partial charge in [-0.25, -0.2) is 0 Å². The van der Waals surface area contributed by atoms with Gasteiger partial charge in [0.25, 0.3) is 5.12 Å². The number of carbonyl (C=O) groups excluding carboxylic acids is 1. The first-order valence-electron chi connectivity index (χ1n) is 3.48. The van der Waals surface area contributed by atoms with E-state index in [1.807, 2.05) is 6.92 Å². The Balaban J connectivity index is 0. The molecule has 0 fully saturated rings. The normalized spacial score (nSPS) is 10.5. The van der Waals surface area contributed by atoms with Crippen LogP contribution >= 0.6 is 0 Å². The Hall–Kier alpha value is 0.580. The third-order valence-corrected chi connectivity index (χ3v) is 2.05. The Morgan fingerprint density at radius 2 is 1.83 bits per heavy atom. The van der Waals surface area contributed by atoms with Crippen LogP contribution in [0.4, 0.5) is 0 Å². The van der Waals surface area contributed by atoms with Crippen LogP contribution in [0.15, 0.2) is 0 Å². The summed E-state index contributed by atoms with van der Waals surface area (Å²) in [5, 5.41) is -1.08. The molecule has 4 nitrogen and oxygen atoms in total. The van der Waals surface area contributed by atoms with Crippen LogP contribution in [0.25, 0.3) is 0 Å². The molecule has 0 spiro atoms. The van der Waals surface area contributed by atoms with E-state index >= 15 is 0 Å².